The summed E-state index contributed by atoms with van der Waals surface area (Å²) < 4.78 is 10.7. The highest BCUT2D eigenvalue weighted by Crippen LogP contribution is 2.31. The fourth-order valence-corrected chi connectivity index (χ4v) is 2.82. The van der Waals surface area contributed by atoms with Crippen molar-refractivity contribution in [2.45, 2.75) is 6.42 Å². The van der Waals surface area contributed by atoms with Crippen molar-refractivity contribution in [1.29, 1.82) is 0 Å². The second kappa shape index (κ2) is 10.5. The molecule has 9 heteroatoms. The molecule has 8 nitrogen and oxygen atoms in total. The van der Waals surface area contributed by atoms with E-state index >= 15 is 0 Å². The van der Waals surface area contributed by atoms with Crippen molar-refractivity contribution < 1.29 is 24.2 Å². The van der Waals surface area contributed by atoms with Crippen LogP contribution >= 0.6 is 22.6 Å². The van der Waals surface area contributed by atoms with Gasteiger partial charge in [-0.3, -0.25) is 9.59 Å². The molecule has 0 aliphatic carbocycles. The number of carbonyl (C=O) groups is 2. The van der Waals surface area contributed by atoms with E-state index in [9.17, 15) is 14.7 Å². The molecule has 0 saturated heterocycles. The number of nitrogens with one attached hydrogen (secondary N) is 2. The van der Waals surface area contributed by atoms with Crippen LogP contribution in [0.5, 0.6) is 17.2 Å². The number of hydrogen-bond donors (Lipinski definition) is 3. The molecule has 0 fully saturated rings. The molecule has 0 aromatic heterocycles. The van der Waals surface area contributed by atoms with Crippen molar-refractivity contribution in [2.24, 2.45) is 5.10 Å². The number of rotatable bonds is 8. The van der Waals surface area contributed by atoms with Gasteiger partial charge in [-0.25, -0.2) is 5.43 Å². The number of phenolic OH excluding ortho intramolecular Hbond substituents is 1. The number of nitrogens with zero attached hydrogens (tertiary/aromatic N) is 1. The predicted molar refractivity (Wildman–Crippen MR) is 113 cm³/mol. The number of aromatic hydroxyl groups is 1. The van der Waals surface area contributed by atoms with Crippen LogP contribution in [0.4, 0.5) is 0 Å². The summed E-state index contributed by atoms with van der Waals surface area (Å²) >= 11 is 1.97. The van der Waals surface area contributed by atoms with E-state index in [2.05, 4.69) is 15.8 Å². The highest BCUT2D eigenvalue weighted by Gasteiger charge is 2.08. The zero-order valence-corrected chi connectivity index (χ0v) is 17.5. The fraction of sp³-hybridized carbons (Fsp3) is 0.211. The molecule has 0 spiro atoms. The minimum Gasteiger partial charge on any atom is -0.504 e. The normalized spacial score (nSPS) is 10.5. The first-order valence-electron chi connectivity index (χ1n) is 8.25. The topological polar surface area (TPSA) is 109 Å². The number of halogens is 1. The van der Waals surface area contributed by atoms with E-state index in [-0.39, 0.29) is 30.5 Å². The van der Waals surface area contributed by atoms with Gasteiger partial charge in [0, 0.05) is 18.5 Å². The lowest BCUT2D eigenvalue weighted by Crippen LogP contribution is -2.29. The molecule has 0 saturated carbocycles. The molecule has 0 heterocycles. The largest absolute Gasteiger partial charge is 0.504 e. The Balaban J connectivity index is 1.78. The van der Waals surface area contributed by atoms with Gasteiger partial charge >= 0.3 is 0 Å². The summed E-state index contributed by atoms with van der Waals surface area (Å²) in [6.45, 7) is 0.178. The lowest BCUT2D eigenvalue weighted by atomic mass is 10.2. The SMILES string of the molecule is COc1ccc(C(=O)NCCC(=O)N/N=C/c2cc(I)c(O)c(OC)c2)cc1. The highest BCUT2D eigenvalue weighted by molar-refractivity contribution is 14.1. The molecule has 0 atom stereocenters. The fourth-order valence-electron chi connectivity index (χ4n) is 2.19. The molecule has 3 N–H and O–H groups in total. The van der Waals surface area contributed by atoms with Gasteiger partial charge in [-0.05, 0) is 64.6 Å². The molecule has 2 aromatic carbocycles. The molecular weight excluding hydrogens is 477 g/mol. The molecule has 2 aromatic rings. The first-order valence-corrected chi connectivity index (χ1v) is 9.33. The molecule has 0 radical (unpaired) electrons. The van der Waals surface area contributed by atoms with Crippen LogP contribution in [0, 0.1) is 3.57 Å². The number of ether oxygens (including phenoxy) is 2. The molecule has 0 aliphatic rings. The Bertz CT molecular complexity index is 869. The van der Waals surface area contributed by atoms with E-state index in [1.807, 2.05) is 22.6 Å². The Morgan fingerprint density at radius 1 is 1.18 bits per heavy atom. The molecular formula is C19H20IN3O5. The Hall–Kier alpha value is -2.82. The Kier molecular flexibility index (Phi) is 8.05. The Morgan fingerprint density at radius 3 is 2.54 bits per heavy atom. The van der Waals surface area contributed by atoms with Crippen LogP contribution in [0.15, 0.2) is 41.5 Å². The summed E-state index contributed by atoms with van der Waals surface area (Å²) in [5.41, 5.74) is 3.53. The maximum absolute atomic E-state index is 12.0. The van der Waals surface area contributed by atoms with E-state index in [4.69, 9.17) is 9.47 Å². The van der Waals surface area contributed by atoms with Crippen molar-refractivity contribution in [3.05, 3.63) is 51.1 Å². The first kappa shape index (κ1) is 21.5. The minimum atomic E-state index is -0.341. The summed E-state index contributed by atoms with van der Waals surface area (Å²) in [6.07, 6.45) is 1.52. The van der Waals surface area contributed by atoms with Crippen molar-refractivity contribution in [3.8, 4) is 17.2 Å². The van der Waals surface area contributed by atoms with E-state index in [0.29, 0.717) is 26.2 Å². The van der Waals surface area contributed by atoms with Gasteiger partial charge in [-0.1, -0.05) is 0 Å². The quantitative estimate of drug-likeness (QED) is 0.295. The van der Waals surface area contributed by atoms with Gasteiger partial charge in [0.05, 0.1) is 24.0 Å². The van der Waals surface area contributed by atoms with Crippen molar-refractivity contribution in [1.82, 2.24) is 10.7 Å². The Morgan fingerprint density at radius 2 is 1.89 bits per heavy atom. The van der Waals surface area contributed by atoms with E-state index < -0.39 is 0 Å². The van der Waals surface area contributed by atoms with Crippen molar-refractivity contribution in [2.75, 3.05) is 20.8 Å². The van der Waals surface area contributed by atoms with Gasteiger partial charge in [-0.2, -0.15) is 5.10 Å². The lowest BCUT2D eigenvalue weighted by molar-refractivity contribution is -0.120. The number of phenols is 1. The zero-order valence-electron chi connectivity index (χ0n) is 15.4. The maximum Gasteiger partial charge on any atom is 0.251 e. The van der Waals surface area contributed by atoms with Gasteiger partial charge < -0.3 is 19.9 Å². The van der Waals surface area contributed by atoms with Crippen LogP contribution in [0.1, 0.15) is 22.3 Å². The number of amides is 2. The van der Waals surface area contributed by atoms with Crippen LogP contribution < -0.4 is 20.2 Å². The highest BCUT2D eigenvalue weighted by atomic mass is 127. The summed E-state index contributed by atoms with van der Waals surface area (Å²) in [7, 11) is 3.00. The van der Waals surface area contributed by atoms with E-state index in [1.165, 1.54) is 13.3 Å². The third-order valence-corrected chi connectivity index (χ3v) is 4.49. The number of hydrazone groups is 1. The number of benzene rings is 2. The van der Waals surface area contributed by atoms with E-state index in [0.717, 1.165) is 0 Å². The number of methoxy groups -OCH3 is 2. The van der Waals surface area contributed by atoms with Gasteiger partial charge in [-0.15, -0.1) is 0 Å². The molecule has 2 rings (SSSR count). The van der Waals surface area contributed by atoms with E-state index in [1.54, 1.807) is 43.5 Å². The molecule has 0 unspecified atom stereocenters. The second-order valence-electron chi connectivity index (χ2n) is 5.58. The third kappa shape index (κ3) is 6.12. The van der Waals surface area contributed by atoms with Gasteiger partial charge in [0.25, 0.3) is 5.91 Å². The monoisotopic (exact) mass is 497 g/mol. The van der Waals surface area contributed by atoms with Crippen molar-refractivity contribution in [3.63, 3.8) is 0 Å². The minimum absolute atomic E-state index is 0.0527. The van der Waals surface area contributed by atoms with Crippen LogP contribution in [0.25, 0.3) is 0 Å². The molecule has 28 heavy (non-hydrogen) atoms. The smallest absolute Gasteiger partial charge is 0.251 e. The summed E-state index contributed by atoms with van der Waals surface area (Å²) in [5.74, 6) is 0.420. The first-order chi connectivity index (χ1) is 13.4. The summed E-state index contributed by atoms with van der Waals surface area (Å²) in [4.78, 5) is 23.8. The standard InChI is InChI=1S/C19H20IN3O5/c1-27-14-5-3-13(4-6-14)19(26)21-8-7-17(24)23-22-11-12-9-15(20)18(25)16(10-12)28-2/h3-6,9-11,25H,7-8H2,1-2H3,(H,21,26)(H,23,24)/b22-11+. The number of carbonyl (C=O) groups excluding carboxylic acids is 2. The summed E-state index contributed by atoms with van der Waals surface area (Å²) in [6, 6.07) is 9.97. The third-order valence-electron chi connectivity index (χ3n) is 3.66. The van der Waals surface area contributed by atoms with Crippen LogP contribution in [0.2, 0.25) is 0 Å². The van der Waals surface area contributed by atoms with Gasteiger partial charge in [0.15, 0.2) is 11.5 Å². The lowest BCUT2D eigenvalue weighted by Gasteiger charge is -2.07. The average molecular weight is 497 g/mol. The Labute approximate surface area is 176 Å². The van der Waals surface area contributed by atoms with Crippen LogP contribution in [-0.4, -0.2) is 43.9 Å². The van der Waals surface area contributed by atoms with Crippen LogP contribution in [-0.2, 0) is 4.79 Å². The van der Waals surface area contributed by atoms with Gasteiger partial charge in [0.1, 0.15) is 5.75 Å². The zero-order chi connectivity index (χ0) is 20.5. The molecule has 0 aliphatic heterocycles. The maximum atomic E-state index is 12.0. The van der Waals surface area contributed by atoms with Crippen LogP contribution in [0.3, 0.4) is 0 Å². The summed E-state index contributed by atoms with van der Waals surface area (Å²) in [5, 5.41) is 16.3. The molecule has 2 amide bonds. The predicted octanol–water partition coefficient (Wildman–Crippen LogP) is 2.28. The second-order valence-corrected chi connectivity index (χ2v) is 6.74. The molecule has 0 bridgehead atoms. The van der Waals surface area contributed by atoms with Gasteiger partial charge in [0.2, 0.25) is 5.91 Å². The average Bonchev–Trinajstić information content (AvgIpc) is 2.70. The molecule has 148 valence electrons. The number of hydrogen-bond acceptors (Lipinski definition) is 6. The van der Waals surface area contributed by atoms with Crippen molar-refractivity contribution >= 4 is 40.6 Å².